The van der Waals surface area contributed by atoms with Gasteiger partial charge in [0.25, 0.3) is 11.6 Å². The van der Waals surface area contributed by atoms with E-state index in [9.17, 15) is 29.3 Å². The molecule has 1 N–H and O–H groups in total. The van der Waals surface area contributed by atoms with Gasteiger partial charge in [0.05, 0.1) is 17.4 Å². The Balaban J connectivity index is 1.61. The summed E-state index contributed by atoms with van der Waals surface area (Å²) in [6, 6.07) is 11.4. The quantitative estimate of drug-likeness (QED) is 0.291. The number of benzene rings is 2. The van der Waals surface area contributed by atoms with E-state index in [0.717, 1.165) is 5.01 Å². The number of hydrazine groups is 1. The van der Waals surface area contributed by atoms with Crippen molar-refractivity contribution < 1.29 is 28.8 Å². The van der Waals surface area contributed by atoms with Gasteiger partial charge in [-0.25, -0.2) is 0 Å². The van der Waals surface area contributed by atoms with Gasteiger partial charge in [0, 0.05) is 23.1 Å². The van der Waals surface area contributed by atoms with Crippen molar-refractivity contribution in [3.8, 4) is 0 Å². The number of carbonyl (C=O) groups excluding carboxylic acids is 4. The van der Waals surface area contributed by atoms with Crippen LogP contribution in [0.3, 0.4) is 0 Å². The number of nitro benzene ring substituents is 1. The standard InChI is InChI=1S/C21H18ClN3O7/c1-12(19(27)13-6-8-15(22)9-7-13)32-21(29)14-10-18(26)24(11-14)23-20(28)16-4-2-3-5-17(16)25(30)31/h2-9,12,14H,10-11H2,1H3,(H,23,28)/t12-,14+/m1/s1. The van der Waals surface area contributed by atoms with Gasteiger partial charge < -0.3 is 4.74 Å². The summed E-state index contributed by atoms with van der Waals surface area (Å²) in [5.74, 6) is -3.52. The molecule has 166 valence electrons. The molecule has 0 aromatic heterocycles. The molecule has 0 aliphatic carbocycles. The maximum atomic E-state index is 12.5. The van der Waals surface area contributed by atoms with Crippen LogP contribution < -0.4 is 5.43 Å². The number of hydrogen-bond acceptors (Lipinski definition) is 7. The van der Waals surface area contributed by atoms with Crippen molar-refractivity contribution in [3.63, 3.8) is 0 Å². The largest absolute Gasteiger partial charge is 0.454 e. The van der Waals surface area contributed by atoms with Crippen molar-refractivity contribution in [2.45, 2.75) is 19.4 Å². The van der Waals surface area contributed by atoms with Gasteiger partial charge in [0.2, 0.25) is 11.7 Å². The van der Waals surface area contributed by atoms with Gasteiger partial charge in [0.1, 0.15) is 5.56 Å². The molecular weight excluding hydrogens is 442 g/mol. The number of para-hydroxylation sites is 1. The molecule has 2 aromatic carbocycles. The molecule has 0 saturated carbocycles. The van der Waals surface area contributed by atoms with Crippen molar-refractivity contribution in [2.75, 3.05) is 6.54 Å². The number of amides is 2. The summed E-state index contributed by atoms with van der Waals surface area (Å²) >= 11 is 5.80. The number of ketones is 1. The highest BCUT2D eigenvalue weighted by molar-refractivity contribution is 6.30. The van der Waals surface area contributed by atoms with E-state index in [4.69, 9.17) is 16.3 Å². The van der Waals surface area contributed by atoms with Gasteiger partial charge in [-0.2, -0.15) is 0 Å². The summed E-state index contributed by atoms with van der Waals surface area (Å²) in [6.45, 7) is 1.23. The van der Waals surface area contributed by atoms with E-state index in [2.05, 4.69) is 5.43 Å². The Labute approximate surface area is 187 Å². The number of halogens is 1. The molecule has 1 fully saturated rings. The number of rotatable bonds is 7. The first-order chi connectivity index (χ1) is 15.2. The summed E-state index contributed by atoms with van der Waals surface area (Å²) < 4.78 is 5.22. The number of nitro groups is 1. The van der Waals surface area contributed by atoms with Crippen LogP contribution in [-0.4, -0.2) is 46.1 Å². The van der Waals surface area contributed by atoms with Gasteiger partial charge >= 0.3 is 5.97 Å². The first-order valence-electron chi connectivity index (χ1n) is 9.52. The van der Waals surface area contributed by atoms with Crippen LogP contribution in [0.2, 0.25) is 5.02 Å². The maximum Gasteiger partial charge on any atom is 0.312 e. The monoisotopic (exact) mass is 459 g/mol. The second-order valence-electron chi connectivity index (χ2n) is 7.07. The van der Waals surface area contributed by atoms with Crippen molar-refractivity contribution in [1.82, 2.24) is 10.4 Å². The Morgan fingerprint density at radius 1 is 1.19 bits per heavy atom. The van der Waals surface area contributed by atoms with Crippen LogP contribution in [0, 0.1) is 16.0 Å². The lowest BCUT2D eigenvalue weighted by Gasteiger charge is -2.18. The second kappa shape index (κ2) is 9.56. The van der Waals surface area contributed by atoms with Crippen LogP contribution in [-0.2, 0) is 14.3 Å². The van der Waals surface area contributed by atoms with Crippen molar-refractivity contribution in [3.05, 3.63) is 74.8 Å². The minimum atomic E-state index is -1.09. The lowest BCUT2D eigenvalue weighted by Crippen LogP contribution is -2.43. The molecule has 0 radical (unpaired) electrons. The van der Waals surface area contributed by atoms with E-state index >= 15 is 0 Å². The van der Waals surface area contributed by atoms with Gasteiger partial charge in [-0.1, -0.05) is 23.7 Å². The third kappa shape index (κ3) is 5.09. The number of ether oxygens (including phenoxy) is 1. The molecule has 0 spiro atoms. The van der Waals surface area contributed by atoms with Crippen molar-refractivity contribution in [1.29, 1.82) is 0 Å². The van der Waals surface area contributed by atoms with Crippen LogP contribution >= 0.6 is 11.6 Å². The zero-order valence-corrected chi connectivity index (χ0v) is 17.6. The molecule has 10 nitrogen and oxygen atoms in total. The molecule has 2 aromatic rings. The molecule has 11 heteroatoms. The zero-order valence-electron chi connectivity index (χ0n) is 16.8. The van der Waals surface area contributed by atoms with Crippen LogP contribution in [0.5, 0.6) is 0 Å². The summed E-state index contributed by atoms with van der Waals surface area (Å²) in [6.07, 6.45) is -1.33. The third-order valence-electron chi connectivity index (χ3n) is 4.83. The lowest BCUT2D eigenvalue weighted by molar-refractivity contribution is -0.385. The van der Waals surface area contributed by atoms with E-state index in [-0.39, 0.29) is 18.5 Å². The minimum Gasteiger partial charge on any atom is -0.454 e. The summed E-state index contributed by atoms with van der Waals surface area (Å²) in [7, 11) is 0. The molecule has 3 rings (SSSR count). The van der Waals surface area contributed by atoms with E-state index in [1.54, 1.807) is 0 Å². The highest BCUT2D eigenvalue weighted by Crippen LogP contribution is 2.22. The molecule has 1 aliphatic rings. The smallest absolute Gasteiger partial charge is 0.312 e. The normalized spacial score (nSPS) is 16.4. The SMILES string of the molecule is C[C@@H](OC(=O)[C@H]1CC(=O)N(NC(=O)c2ccccc2[N+](=O)[O-])C1)C(=O)c1ccc(Cl)cc1. The minimum absolute atomic E-state index is 0.189. The highest BCUT2D eigenvalue weighted by Gasteiger charge is 2.38. The molecule has 1 saturated heterocycles. The number of nitrogens with zero attached hydrogens (tertiary/aromatic N) is 2. The Hall–Kier alpha value is -3.79. The van der Waals surface area contributed by atoms with E-state index in [1.807, 2.05) is 0 Å². The Morgan fingerprint density at radius 3 is 2.50 bits per heavy atom. The van der Waals surface area contributed by atoms with Gasteiger partial charge in [-0.05, 0) is 37.3 Å². The fraction of sp³-hybridized carbons (Fsp3) is 0.238. The predicted molar refractivity (Wildman–Crippen MR) is 112 cm³/mol. The Kier molecular flexibility index (Phi) is 6.84. The molecule has 0 unspecified atom stereocenters. The summed E-state index contributed by atoms with van der Waals surface area (Å²) in [4.78, 5) is 59.9. The van der Waals surface area contributed by atoms with E-state index < -0.39 is 46.2 Å². The lowest BCUT2D eigenvalue weighted by atomic mass is 10.1. The molecule has 2 amide bonds. The second-order valence-corrected chi connectivity index (χ2v) is 7.51. The Bertz CT molecular complexity index is 1090. The molecular formula is C21H18ClN3O7. The van der Waals surface area contributed by atoms with Crippen LogP contribution in [0.4, 0.5) is 5.69 Å². The first kappa shape index (κ1) is 22.9. The number of esters is 1. The average Bonchev–Trinajstić information content (AvgIpc) is 3.14. The van der Waals surface area contributed by atoms with Crippen LogP contribution in [0.1, 0.15) is 34.1 Å². The van der Waals surface area contributed by atoms with Crippen LogP contribution in [0.25, 0.3) is 0 Å². The highest BCUT2D eigenvalue weighted by atomic mass is 35.5. The zero-order chi connectivity index (χ0) is 23.4. The summed E-state index contributed by atoms with van der Waals surface area (Å²) in [5, 5.41) is 12.5. The number of nitrogens with one attached hydrogen (secondary N) is 1. The topological polar surface area (TPSA) is 136 Å². The average molecular weight is 460 g/mol. The van der Waals surface area contributed by atoms with Crippen molar-refractivity contribution in [2.24, 2.45) is 5.92 Å². The van der Waals surface area contributed by atoms with Crippen LogP contribution in [0.15, 0.2) is 48.5 Å². The fourth-order valence-corrected chi connectivity index (χ4v) is 3.28. The molecule has 0 bridgehead atoms. The van der Waals surface area contributed by atoms with Gasteiger partial charge in [-0.3, -0.25) is 39.7 Å². The third-order valence-corrected chi connectivity index (χ3v) is 5.08. The number of Topliss-reactive ketones (excluding diaryl/α,β-unsaturated/α-hetero) is 1. The fourth-order valence-electron chi connectivity index (χ4n) is 3.15. The number of hydrogen-bond donors (Lipinski definition) is 1. The predicted octanol–water partition coefficient (Wildman–Crippen LogP) is 2.56. The first-order valence-corrected chi connectivity index (χ1v) is 9.90. The molecule has 1 heterocycles. The molecule has 32 heavy (non-hydrogen) atoms. The number of carbonyl (C=O) groups is 4. The Morgan fingerprint density at radius 2 is 1.84 bits per heavy atom. The van der Waals surface area contributed by atoms with Gasteiger partial charge in [-0.15, -0.1) is 0 Å². The molecule has 2 atom stereocenters. The molecule has 1 aliphatic heterocycles. The van der Waals surface area contributed by atoms with E-state index in [1.165, 1.54) is 55.5 Å². The maximum absolute atomic E-state index is 12.5. The van der Waals surface area contributed by atoms with Gasteiger partial charge in [0.15, 0.2) is 6.10 Å². The van der Waals surface area contributed by atoms with E-state index in [0.29, 0.717) is 10.6 Å². The van der Waals surface area contributed by atoms with Crippen molar-refractivity contribution >= 4 is 40.9 Å². The summed E-state index contributed by atoms with van der Waals surface area (Å²) in [5.41, 5.74) is 1.96.